The second-order valence-corrected chi connectivity index (χ2v) is 9.55. The fourth-order valence-corrected chi connectivity index (χ4v) is 5.42. The number of nitrogens with zero attached hydrogens (tertiary/aromatic N) is 4. The molecule has 1 aromatic heterocycles. The molecule has 204 valence electrons. The van der Waals surface area contributed by atoms with E-state index >= 15 is 0 Å². The zero-order chi connectivity index (χ0) is 25.3. The number of hydrogen-bond acceptors (Lipinski definition) is 5. The lowest BCUT2D eigenvalue weighted by Gasteiger charge is -2.40. The van der Waals surface area contributed by atoms with Gasteiger partial charge in [0.05, 0.1) is 11.9 Å². The van der Waals surface area contributed by atoms with Gasteiger partial charge in [0.2, 0.25) is 0 Å². The molecule has 1 N–H and O–H groups in total. The number of aromatic nitrogens is 2. The molecule has 0 amide bonds. The summed E-state index contributed by atoms with van der Waals surface area (Å²) in [6.07, 6.45) is 4.62. The first kappa shape index (κ1) is 30.2. The van der Waals surface area contributed by atoms with E-state index in [1.54, 1.807) is 6.20 Å². The first-order valence-electron chi connectivity index (χ1n) is 13.1. The van der Waals surface area contributed by atoms with Gasteiger partial charge in [-0.1, -0.05) is 97.1 Å². The maximum Gasteiger partial charge on any atom is 0.153 e. The minimum absolute atomic E-state index is 0. The molecule has 0 saturated carbocycles. The summed E-state index contributed by atoms with van der Waals surface area (Å²) in [7, 11) is 0. The second-order valence-electron chi connectivity index (χ2n) is 9.55. The van der Waals surface area contributed by atoms with Gasteiger partial charge in [0.25, 0.3) is 0 Å². The van der Waals surface area contributed by atoms with Crippen LogP contribution in [0.15, 0.2) is 116 Å². The summed E-state index contributed by atoms with van der Waals surface area (Å²) in [5.74, 6) is 0.931. The van der Waals surface area contributed by atoms with Crippen molar-refractivity contribution in [3.63, 3.8) is 0 Å². The lowest BCUT2D eigenvalue weighted by atomic mass is 9.67. The predicted octanol–water partition coefficient (Wildman–Crippen LogP) is 6.46. The summed E-state index contributed by atoms with van der Waals surface area (Å²) < 4.78 is 0. The molecule has 3 aromatic carbocycles. The summed E-state index contributed by atoms with van der Waals surface area (Å²) in [4.78, 5) is 4.93. The van der Waals surface area contributed by atoms with Crippen LogP contribution in [0.3, 0.4) is 0 Å². The van der Waals surface area contributed by atoms with Crippen molar-refractivity contribution in [2.24, 2.45) is 0 Å². The third-order valence-electron chi connectivity index (χ3n) is 7.39. The highest BCUT2D eigenvalue weighted by Crippen LogP contribution is 2.42. The number of nitrogens with one attached hydrogen (secondary N) is 1. The maximum absolute atomic E-state index is 4.39. The molecule has 0 unspecified atom stereocenters. The Kier molecular flexibility index (Phi) is 11.4. The summed E-state index contributed by atoms with van der Waals surface area (Å²) in [6.45, 7) is 9.38. The minimum atomic E-state index is -0.211. The van der Waals surface area contributed by atoms with Crippen LogP contribution in [0, 0.1) is 0 Å². The van der Waals surface area contributed by atoms with Gasteiger partial charge in [0.15, 0.2) is 5.82 Å². The molecule has 1 aliphatic rings. The van der Waals surface area contributed by atoms with E-state index in [1.807, 2.05) is 6.08 Å². The highest BCUT2D eigenvalue weighted by molar-refractivity contribution is 5.85. The molecule has 1 fully saturated rings. The third-order valence-corrected chi connectivity index (χ3v) is 7.39. The van der Waals surface area contributed by atoms with E-state index in [9.17, 15) is 0 Å². The highest BCUT2D eigenvalue weighted by Gasteiger charge is 2.36. The Morgan fingerprint density at radius 3 is 1.77 bits per heavy atom. The number of anilines is 2. The van der Waals surface area contributed by atoms with E-state index < -0.39 is 0 Å². The Bertz CT molecular complexity index is 1170. The van der Waals surface area contributed by atoms with Crippen LogP contribution in [0.5, 0.6) is 0 Å². The summed E-state index contributed by atoms with van der Waals surface area (Å²) >= 11 is 0. The fourth-order valence-electron chi connectivity index (χ4n) is 5.42. The fraction of sp³-hybridized carbons (Fsp3) is 0.250. The Hall–Kier alpha value is -3.38. The average Bonchev–Trinajstić information content (AvgIpc) is 2.98. The minimum Gasteiger partial charge on any atom is -0.380 e. The Morgan fingerprint density at radius 1 is 0.769 bits per heavy atom. The lowest BCUT2D eigenvalue weighted by Crippen LogP contribution is -2.48. The normalized spacial score (nSPS) is 13.6. The van der Waals surface area contributed by atoms with Crippen LogP contribution in [-0.2, 0) is 5.41 Å². The molecule has 7 heteroatoms. The van der Waals surface area contributed by atoms with Crippen LogP contribution in [0.2, 0.25) is 0 Å². The standard InChI is InChI=1S/C32H35N5.2ClH/c1-2-19-33-30-25-31(35-34-26-30)37-23-21-36(22-24-37)20-18-32(27-12-6-3-7-13-27,28-14-8-4-9-15-28)29-16-10-5-11-17-29;;/h2-17,25-26H,1,18-24H2,(H,33,35);2*1H. The topological polar surface area (TPSA) is 44.3 Å². The predicted molar refractivity (Wildman–Crippen MR) is 168 cm³/mol. The molecule has 1 aliphatic heterocycles. The summed E-state index contributed by atoms with van der Waals surface area (Å²) in [5.41, 5.74) is 4.78. The van der Waals surface area contributed by atoms with Crippen molar-refractivity contribution in [2.45, 2.75) is 11.8 Å². The Balaban J connectivity index is 0.00000210. The Morgan fingerprint density at radius 2 is 1.28 bits per heavy atom. The molecule has 0 atom stereocenters. The van der Waals surface area contributed by atoms with E-state index in [4.69, 9.17) is 0 Å². The van der Waals surface area contributed by atoms with Crippen molar-refractivity contribution in [1.29, 1.82) is 0 Å². The summed E-state index contributed by atoms with van der Waals surface area (Å²) in [5, 5.41) is 11.9. The van der Waals surface area contributed by atoms with Gasteiger partial charge in [-0.2, -0.15) is 5.10 Å². The molecular formula is C32H37Cl2N5. The number of halogens is 2. The lowest BCUT2D eigenvalue weighted by molar-refractivity contribution is 0.241. The molecule has 0 spiro atoms. The maximum atomic E-state index is 4.39. The van der Waals surface area contributed by atoms with Gasteiger partial charge < -0.3 is 10.2 Å². The van der Waals surface area contributed by atoms with Crippen LogP contribution in [0.1, 0.15) is 23.1 Å². The van der Waals surface area contributed by atoms with Gasteiger partial charge in [-0.15, -0.1) is 36.5 Å². The zero-order valence-electron chi connectivity index (χ0n) is 22.2. The van der Waals surface area contributed by atoms with Crippen LogP contribution < -0.4 is 10.2 Å². The first-order valence-corrected chi connectivity index (χ1v) is 13.1. The van der Waals surface area contributed by atoms with Crippen LogP contribution in [0.25, 0.3) is 0 Å². The molecule has 5 rings (SSSR count). The largest absolute Gasteiger partial charge is 0.380 e. The first-order chi connectivity index (χ1) is 18.3. The molecule has 0 bridgehead atoms. The quantitative estimate of drug-likeness (QED) is 0.178. The molecule has 4 aromatic rings. The van der Waals surface area contributed by atoms with Crippen LogP contribution >= 0.6 is 24.8 Å². The van der Waals surface area contributed by atoms with E-state index in [2.05, 4.69) is 129 Å². The van der Waals surface area contributed by atoms with Gasteiger partial charge in [-0.25, -0.2) is 0 Å². The Labute approximate surface area is 244 Å². The molecule has 2 heterocycles. The molecule has 5 nitrogen and oxygen atoms in total. The second kappa shape index (κ2) is 14.7. The van der Waals surface area contributed by atoms with Gasteiger partial charge >= 0.3 is 0 Å². The smallest absolute Gasteiger partial charge is 0.153 e. The molecule has 39 heavy (non-hydrogen) atoms. The van der Waals surface area contributed by atoms with Crippen LogP contribution in [0.4, 0.5) is 11.5 Å². The van der Waals surface area contributed by atoms with Crippen molar-refractivity contribution < 1.29 is 0 Å². The van der Waals surface area contributed by atoms with Crippen molar-refractivity contribution in [3.8, 4) is 0 Å². The number of hydrogen-bond donors (Lipinski definition) is 1. The number of rotatable bonds is 10. The molecule has 0 aliphatic carbocycles. The zero-order valence-corrected chi connectivity index (χ0v) is 23.8. The molecule has 1 saturated heterocycles. The van der Waals surface area contributed by atoms with E-state index in [1.165, 1.54) is 16.7 Å². The SMILES string of the molecule is C=CCNc1cnnc(N2CCN(CCC(c3ccccc3)(c3ccccc3)c3ccccc3)CC2)c1.Cl.Cl. The molecular weight excluding hydrogens is 525 g/mol. The third kappa shape index (κ3) is 6.99. The monoisotopic (exact) mass is 561 g/mol. The van der Waals surface area contributed by atoms with Gasteiger partial charge in [-0.3, -0.25) is 4.90 Å². The van der Waals surface area contributed by atoms with Crippen molar-refractivity contribution in [1.82, 2.24) is 15.1 Å². The number of benzene rings is 3. The van der Waals surface area contributed by atoms with E-state index in [-0.39, 0.29) is 30.2 Å². The average molecular weight is 563 g/mol. The van der Waals surface area contributed by atoms with E-state index in [0.29, 0.717) is 6.54 Å². The molecule has 0 radical (unpaired) electrons. The van der Waals surface area contributed by atoms with Crippen LogP contribution in [-0.4, -0.2) is 54.4 Å². The highest BCUT2D eigenvalue weighted by atomic mass is 35.5. The van der Waals surface area contributed by atoms with Crippen molar-refractivity contribution in [3.05, 3.63) is 133 Å². The number of piperazine rings is 1. The van der Waals surface area contributed by atoms with E-state index in [0.717, 1.165) is 50.6 Å². The van der Waals surface area contributed by atoms with Crippen molar-refractivity contribution >= 4 is 36.3 Å². The summed E-state index contributed by atoms with van der Waals surface area (Å²) in [6, 6.07) is 35.1. The van der Waals surface area contributed by atoms with Gasteiger partial charge in [0.1, 0.15) is 0 Å². The van der Waals surface area contributed by atoms with Gasteiger partial charge in [0, 0.05) is 44.2 Å². The van der Waals surface area contributed by atoms with Crippen molar-refractivity contribution in [2.75, 3.05) is 49.5 Å². The van der Waals surface area contributed by atoms with Gasteiger partial charge in [-0.05, 0) is 29.7 Å².